The van der Waals surface area contributed by atoms with Crippen LogP contribution in [0.3, 0.4) is 0 Å². The lowest BCUT2D eigenvalue weighted by molar-refractivity contribution is 0.100. The minimum Gasteiger partial charge on any atom is -0.413 e. The average Bonchev–Trinajstić information content (AvgIpc) is 2.36. The molecule has 3 heteroatoms. The fourth-order valence-electron chi connectivity index (χ4n) is 3.00. The quantitative estimate of drug-likeness (QED) is 0.533. The number of aliphatic hydroxyl groups excluding tert-OH is 1. The van der Waals surface area contributed by atoms with Crippen molar-refractivity contribution in [3.05, 3.63) is 11.6 Å². The van der Waals surface area contributed by atoms with Gasteiger partial charge >= 0.3 is 0 Å². The van der Waals surface area contributed by atoms with Gasteiger partial charge in [0.05, 0.1) is 12.7 Å². The molecule has 0 aromatic heterocycles. The smallest absolute Gasteiger partial charge is 0.192 e. The standard InChI is InChI=1S/C18H36O2Si/c1-7-8-11-16-15(13-14-19)10-9-12-17(16)20-21(5,6)18(2,3)4/h13,16-17,19H,7-12,14H2,1-6H3/b15-13+/t16-,17-/m0/s1. The number of aliphatic hydroxyl groups is 1. The summed E-state index contributed by atoms with van der Waals surface area (Å²) >= 11 is 0. The molecule has 1 rings (SSSR count). The Bertz CT molecular complexity index is 342. The van der Waals surface area contributed by atoms with E-state index in [1.165, 1.54) is 37.7 Å². The Morgan fingerprint density at radius 3 is 2.52 bits per heavy atom. The predicted octanol–water partition coefficient (Wildman–Crippen LogP) is 5.29. The molecule has 1 saturated carbocycles. The summed E-state index contributed by atoms with van der Waals surface area (Å²) in [5, 5.41) is 9.57. The number of hydrogen-bond donors (Lipinski definition) is 1. The Balaban J connectivity index is 2.88. The molecule has 0 amide bonds. The lowest BCUT2D eigenvalue weighted by atomic mass is 9.79. The monoisotopic (exact) mass is 312 g/mol. The van der Waals surface area contributed by atoms with Crippen molar-refractivity contribution in [2.45, 2.75) is 90.5 Å². The topological polar surface area (TPSA) is 29.5 Å². The molecule has 21 heavy (non-hydrogen) atoms. The van der Waals surface area contributed by atoms with E-state index in [4.69, 9.17) is 4.43 Å². The van der Waals surface area contributed by atoms with Crippen LogP contribution in [-0.2, 0) is 4.43 Å². The van der Waals surface area contributed by atoms with E-state index >= 15 is 0 Å². The average molecular weight is 313 g/mol. The van der Waals surface area contributed by atoms with Crippen molar-refractivity contribution >= 4 is 8.32 Å². The van der Waals surface area contributed by atoms with E-state index in [1.807, 2.05) is 6.08 Å². The molecule has 124 valence electrons. The molecule has 1 aliphatic carbocycles. The zero-order chi connectivity index (χ0) is 16.1. The van der Waals surface area contributed by atoms with E-state index in [2.05, 4.69) is 40.8 Å². The van der Waals surface area contributed by atoms with Crippen LogP contribution in [-0.4, -0.2) is 26.1 Å². The van der Waals surface area contributed by atoms with E-state index in [1.54, 1.807) is 0 Å². The third kappa shape index (κ3) is 5.22. The van der Waals surface area contributed by atoms with Crippen LogP contribution in [0.2, 0.25) is 18.1 Å². The van der Waals surface area contributed by atoms with Gasteiger partial charge < -0.3 is 9.53 Å². The van der Waals surface area contributed by atoms with Gasteiger partial charge in [0.15, 0.2) is 8.32 Å². The molecule has 0 aromatic carbocycles. The normalized spacial score (nSPS) is 26.3. The summed E-state index contributed by atoms with van der Waals surface area (Å²) in [7, 11) is -1.72. The molecular formula is C18H36O2Si. The lowest BCUT2D eigenvalue weighted by Gasteiger charge is -2.44. The van der Waals surface area contributed by atoms with Gasteiger partial charge in [0.25, 0.3) is 0 Å². The van der Waals surface area contributed by atoms with Crippen molar-refractivity contribution in [2.75, 3.05) is 6.61 Å². The van der Waals surface area contributed by atoms with Crippen LogP contribution < -0.4 is 0 Å². The number of unbranched alkanes of at least 4 members (excludes halogenated alkanes) is 1. The summed E-state index contributed by atoms with van der Waals surface area (Å²) in [5.41, 5.74) is 1.45. The van der Waals surface area contributed by atoms with Crippen molar-refractivity contribution in [3.63, 3.8) is 0 Å². The molecule has 0 spiro atoms. The van der Waals surface area contributed by atoms with Crippen LogP contribution in [0.15, 0.2) is 11.6 Å². The Morgan fingerprint density at radius 2 is 2.00 bits per heavy atom. The zero-order valence-electron chi connectivity index (χ0n) is 15.0. The minimum atomic E-state index is -1.72. The van der Waals surface area contributed by atoms with Crippen molar-refractivity contribution in [1.29, 1.82) is 0 Å². The SMILES string of the molecule is CCCC[C@H]1/C(=C/CO)CCC[C@@H]1O[Si](C)(C)C(C)(C)C. The van der Waals surface area contributed by atoms with Crippen molar-refractivity contribution < 1.29 is 9.53 Å². The molecular weight excluding hydrogens is 276 g/mol. The fourth-order valence-corrected chi connectivity index (χ4v) is 4.39. The maximum atomic E-state index is 9.30. The van der Waals surface area contributed by atoms with Crippen LogP contribution in [0.4, 0.5) is 0 Å². The highest BCUT2D eigenvalue weighted by molar-refractivity contribution is 6.74. The van der Waals surface area contributed by atoms with Crippen LogP contribution in [0.25, 0.3) is 0 Å². The number of rotatable bonds is 6. The fraction of sp³-hybridized carbons (Fsp3) is 0.889. The molecule has 0 unspecified atom stereocenters. The first-order valence-corrected chi connectivity index (χ1v) is 11.6. The Labute approximate surface area is 133 Å². The van der Waals surface area contributed by atoms with Gasteiger partial charge in [-0.05, 0) is 43.8 Å². The van der Waals surface area contributed by atoms with Crippen molar-refractivity contribution in [1.82, 2.24) is 0 Å². The molecule has 0 bridgehead atoms. The minimum absolute atomic E-state index is 0.171. The lowest BCUT2D eigenvalue weighted by Crippen LogP contribution is -2.46. The van der Waals surface area contributed by atoms with E-state index in [-0.39, 0.29) is 11.6 Å². The third-order valence-corrected chi connectivity index (χ3v) is 9.86. The molecule has 1 aliphatic rings. The summed E-state index contributed by atoms with van der Waals surface area (Å²) in [6, 6.07) is 0. The predicted molar refractivity (Wildman–Crippen MR) is 94.1 cm³/mol. The second kappa shape index (κ2) is 7.93. The number of hydrogen-bond acceptors (Lipinski definition) is 2. The third-order valence-electron chi connectivity index (χ3n) is 5.35. The highest BCUT2D eigenvalue weighted by Gasteiger charge is 2.41. The van der Waals surface area contributed by atoms with Gasteiger partial charge in [-0.15, -0.1) is 0 Å². The highest BCUT2D eigenvalue weighted by Crippen LogP contribution is 2.42. The van der Waals surface area contributed by atoms with E-state index in [9.17, 15) is 5.11 Å². The van der Waals surface area contributed by atoms with Crippen molar-refractivity contribution in [3.8, 4) is 0 Å². The summed E-state index contributed by atoms with van der Waals surface area (Å²) in [6.07, 6.45) is 9.64. The van der Waals surface area contributed by atoms with Gasteiger partial charge in [-0.25, -0.2) is 0 Å². The molecule has 0 radical (unpaired) electrons. The maximum absolute atomic E-state index is 9.30. The molecule has 2 atom stereocenters. The Morgan fingerprint density at radius 1 is 1.33 bits per heavy atom. The van der Waals surface area contributed by atoms with E-state index in [0.717, 1.165) is 6.42 Å². The van der Waals surface area contributed by atoms with E-state index < -0.39 is 8.32 Å². The summed E-state index contributed by atoms with van der Waals surface area (Å²) in [5.74, 6) is 0.528. The van der Waals surface area contributed by atoms with Gasteiger partial charge in [-0.1, -0.05) is 52.2 Å². The second-order valence-electron chi connectivity index (χ2n) is 8.02. The highest BCUT2D eigenvalue weighted by atomic mass is 28.4. The van der Waals surface area contributed by atoms with Crippen LogP contribution in [0, 0.1) is 5.92 Å². The molecule has 0 aromatic rings. The van der Waals surface area contributed by atoms with Gasteiger partial charge in [0.2, 0.25) is 0 Å². The van der Waals surface area contributed by atoms with Crippen LogP contribution in [0.5, 0.6) is 0 Å². The summed E-state index contributed by atoms with van der Waals surface area (Å²) < 4.78 is 6.75. The Kier molecular flexibility index (Phi) is 7.15. The first-order valence-electron chi connectivity index (χ1n) is 8.70. The van der Waals surface area contributed by atoms with E-state index in [0.29, 0.717) is 12.0 Å². The first kappa shape index (κ1) is 18.9. The molecule has 0 saturated heterocycles. The molecule has 1 fully saturated rings. The Hall–Kier alpha value is -0.123. The molecule has 0 aliphatic heterocycles. The second-order valence-corrected chi connectivity index (χ2v) is 12.8. The van der Waals surface area contributed by atoms with Crippen molar-refractivity contribution in [2.24, 2.45) is 5.92 Å². The molecule has 1 N–H and O–H groups in total. The maximum Gasteiger partial charge on any atom is 0.192 e. The van der Waals surface area contributed by atoms with Gasteiger partial charge in [0, 0.05) is 5.92 Å². The molecule has 2 nitrogen and oxygen atoms in total. The van der Waals surface area contributed by atoms with Gasteiger partial charge in [-0.2, -0.15) is 0 Å². The zero-order valence-corrected chi connectivity index (χ0v) is 16.0. The van der Waals surface area contributed by atoms with Crippen LogP contribution >= 0.6 is 0 Å². The summed E-state index contributed by atoms with van der Waals surface area (Å²) in [6.45, 7) is 14.1. The van der Waals surface area contributed by atoms with Crippen LogP contribution in [0.1, 0.15) is 66.2 Å². The first-order chi connectivity index (χ1) is 9.73. The largest absolute Gasteiger partial charge is 0.413 e. The van der Waals surface area contributed by atoms with Gasteiger partial charge in [0.1, 0.15) is 0 Å². The van der Waals surface area contributed by atoms with Gasteiger partial charge in [-0.3, -0.25) is 0 Å². The molecule has 0 heterocycles. The summed E-state index contributed by atoms with van der Waals surface area (Å²) in [4.78, 5) is 0.